The van der Waals surface area contributed by atoms with Gasteiger partial charge in [-0.25, -0.2) is 0 Å². The van der Waals surface area contributed by atoms with Crippen LogP contribution in [0.5, 0.6) is 5.75 Å². The average Bonchev–Trinajstić information content (AvgIpc) is 3.55. The molecule has 1 fully saturated rings. The zero-order valence-electron chi connectivity index (χ0n) is 21.6. The summed E-state index contributed by atoms with van der Waals surface area (Å²) in [5.41, 5.74) is 6.22. The summed E-state index contributed by atoms with van der Waals surface area (Å²) < 4.78 is 10.9. The number of rotatable bonds is 4. The Labute approximate surface area is 218 Å². The molecule has 192 valence electrons. The summed E-state index contributed by atoms with van der Waals surface area (Å²) in [6, 6.07) is 16.3. The second-order valence-corrected chi connectivity index (χ2v) is 10.9. The van der Waals surface area contributed by atoms with Gasteiger partial charge >= 0.3 is 0 Å². The van der Waals surface area contributed by atoms with E-state index in [1.54, 1.807) is 25.5 Å². The highest BCUT2D eigenvalue weighted by Gasteiger charge is 2.47. The minimum Gasteiger partial charge on any atom is -0.496 e. The minimum atomic E-state index is -0.0543. The summed E-state index contributed by atoms with van der Waals surface area (Å²) in [6.45, 7) is 3.48. The van der Waals surface area contributed by atoms with Crippen molar-refractivity contribution in [3.63, 3.8) is 0 Å². The SMILES string of the molecule is COc1cccc2c1CC(C(=O)NC1CC3(CCN(C(=O)c4ccco4)CC3)c3ccc(C)cc31)CC2. The summed E-state index contributed by atoms with van der Waals surface area (Å²) in [4.78, 5) is 28.3. The third-order valence-corrected chi connectivity index (χ3v) is 8.84. The molecule has 2 aromatic carbocycles. The van der Waals surface area contributed by atoms with Crippen LogP contribution in [-0.2, 0) is 23.1 Å². The average molecular weight is 499 g/mol. The normalized spacial score (nSPS) is 21.8. The highest BCUT2D eigenvalue weighted by molar-refractivity contribution is 5.91. The lowest BCUT2D eigenvalue weighted by Crippen LogP contribution is -2.45. The molecule has 3 aliphatic rings. The lowest BCUT2D eigenvalue weighted by Gasteiger charge is -2.40. The number of piperidine rings is 1. The number of hydrogen-bond donors (Lipinski definition) is 1. The van der Waals surface area contributed by atoms with Crippen LogP contribution in [0.1, 0.15) is 70.1 Å². The molecule has 1 N–H and O–H groups in total. The monoisotopic (exact) mass is 498 g/mol. The van der Waals surface area contributed by atoms with Gasteiger partial charge in [0.1, 0.15) is 5.75 Å². The van der Waals surface area contributed by atoms with Crippen LogP contribution < -0.4 is 10.1 Å². The first-order valence-corrected chi connectivity index (χ1v) is 13.4. The van der Waals surface area contributed by atoms with Gasteiger partial charge < -0.3 is 19.4 Å². The molecule has 2 heterocycles. The molecule has 2 unspecified atom stereocenters. The summed E-state index contributed by atoms with van der Waals surface area (Å²) in [7, 11) is 1.70. The van der Waals surface area contributed by atoms with Gasteiger partial charge in [-0.05, 0) is 85.9 Å². The zero-order valence-corrected chi connectivity index (χ0v) is 21.6. The number of carbonyl (C=O) groups is 2. The van der Waals surface area contributed by atoms with Gasteiger partial charge in [0.15, 0.2) is 5.76 Å². The van der Waals surface area contributed by atoms with E-state index in [1.807, 2.05) is 17.0 Å². The number of ether oxygens (including phenoxy) is 1. The Balaban J connectivity index is 1.19. The van der Waals surface area contributed by atoms with Gasteiger partial charge in [-0.1, -0.05) is 35.9 Å². The van der Waals surface area contributed by atoms with E-state index < -0.39 is 0 Å². The van der Waals surface area contributed by atoms with Crippen LogP contribution in [0.3, 0.4) is 0 Å². The second-order valence-electron chi connectivity index (χ2n) is 10.9. The van der Waals surface area contributed by atoms with Gasteiger partial charge in [-0.2, -0.15) is 0 Å². The van der Waals surface area contributed by atoms with E-state index in [2.05, 4.69) is 36.5 Å². The molecule has 1 saturated heterocycles. The first-order chi connectivity index (χ1) is 18.0. The molecule has 0 radical (unpaired) electrons. The minimum absolute atomic E-state index is 0.00575. The van der Waals surface area contributed by atoms with E-state index in [9.17, 15) is 9.59 Å². The molecule has 6 rings (SSSR count). The summed E-state index contributed by atoms with van der Waals surface area (Å²) in [5, 5.41) is 3.45. The van der Waals surface area contributed by atoms with Crippen molar-refractivity contribution in [3.8, 4) is 5.75 Å². The van der Waals surface area contributed by atoms with Crippen molar-refractivity contribution in [2.45, 2.75) is 56.9 Å². The van der Waals surface area contributed by atoms with Crippen molar-refractivity contribution in [3.05, 3.63) is 88.4 Å². The fourth-order valence-electron chi connectivity index (χ4n) is 6.82. The Kier molecular flexibility index (Phi) is 6.06. The smallest absolute Gasteiger partial charge is 0.289 e. The van der Waals surface area contributed by atoms with Gasteiger partial charge in [-0.15, -0.1) is 0 Å². The second kappa shape index (κ2) is 9.40. The Hall–Kier alpha value is -3.54. The number of furan rings is 1. The van der Waals surface area contributed by atoms with Crippen molar-refractivity contribution in [1.82, 2.24) is 10.2 Å². The topological polar surface area (TPSA) is 71.8 Å². The van der Waals surface area contributed by atoms with E-state index in [0.29, 0.717) is 25.3 Å². The molecule has 37 heavy (non-hydrogen) atoms. The molecule has 3 aromatic rings. The van der Waals surface area contributed by atoms with Gasteiger partial charge in [0.25, 0.3) is 5.91 Å². The molecule has 2 aliphatic carbocycles. The maximum Gasteiger partial charge on any atom is 0.289 e. The van der Waals surface area contributed by atoms with Crippen LogP contribution in [0.2, 0.25) is 0 Å². The summed E-state index contributed by atoms with van der Waals surface area (Å²) in [6.07, 6.45) is 6.66. The number of fused-ring (bicyclic) bond motifs is 3. The number of aryl methyl sites for hydroxylation is 2. The van der Waals surface area contributed by atoms with E-state index in [1.165, 1.54) is 27.8 Å². The lowest BCUT2D eigenvalue weighted by atomic mass is 9.73. The standard InChI is InChI=1S/C31H34N2O4/c1-20-8-11-25-24(17-20)26(19-31(25)12-14-33(15-13-31)30(35)28-7-4-16-37-28)32-29(34)22-10-9-21-5-3-6-27(36-2)23(21)18-22/h3-8,11,16-17,22,26H,9-10,12-15,18-19H2,1-2H3,(H,32,34). The fourth-order valence-corrected chi connectivity index (χ4v) is 6.82. The third-order valence-electron chi connectivity index (χ3n) is 8.84. The van der Waals surface area contributed by atoms with Gasteiger partial charge in [0.05, 0.1) is 19.4 Å². The zero-order chi connectivity index (χ0) is 25.6. The number of nitrogens with zero attached hydrogens (tertiary/aromatic N) is 1. The number of benzene rings is 2. The molecular formula is C31H34N2O4. The van der Waals surface area contributed by atoms with Crippen LogP contribution in [-0.4, -0.2) is 36.9 Å². The predicted octanol–water partition coefficient (Wildman–Crippen LogP) is 5.14. The molecule has 1 aromatic heterocycles. The quantitative estimate of drug-likeness (QED) is 0.541. The van der Waals surface area contributed by atoms with E-state index in [-0.39, 0.29) is 29.2 Å². The Morgan fingerprint density at radius 2 is 1.95 bits per heavy atom. The molecule has 0 saturated carbocycles. The number of hydrogen-bond acceptors (Lipinski definition) is 4. The number of nitrogens with one attached hydrogen (secondary N) is 1. The Bertz CT molecular complexity index is 1310. The maximum atomic E-state index is 13.6. The third kappa shape index (κ3) is 4.22. The molecule has 6 heteroatoms. The van der Waals surface area contributed by atoms with Crippen molar-refractivity contribution in [2.24, 2.45) is 5.92 Å². The molecule has 1 aliphatic heterocycles. The Morgan fingerprint density at radius 3 is 2.70 bits per heavy atom. The number of carbonyl (C=O) groups excluding carboxylic acids is 2. The van der Waals surface area contributed by atoms with E-state index >= 15 is 0 Å². The maximum absolute atomic E-state index is 13.6. The number of amides is 2. The van der Waals surface area contributed by atoms with Crippen LogP contribution in [0, 0.1) is 12.8 Å². The largest absolute Gasteiger partial charge is 0.496 e. The summed E-state index contributed by atoms with van der Waals surface area (Å²) >= 11 is 0. The first-order valence-electron chi connectivity index (χ1n) is 13.4. The predicted molar refractivity (Wildman–Crippen MR) is 141 cm³/mol. The van der Waals surface area contributed by atoms with Crippen molar-refractivity contribution >= 4 is 11.8 Å². The molecule has 1 spiro atoms. The molecule has 2 atom stereocenters. The van der Waals surface area contributed by atoms with Gasteiger partial charge in [0.2, 0.25) is 5.91 Å². The van der Waals surface area contributed by atoms with E-state index in [4.69, 9.17) is 9.15 Å². The Morgan fingerprint density at radius 1 is 1.11 bits per heavy atom. The molecule has 2 amide bonds. The first kappa shape index (κ1) is 23.8. The van der Waals surface area contributed by atoms with E-state index in [0.717, 1.165) is 37.9 Å². The summed E-state index contributed by atoms with van der Waals surface area (Å²) in [5.74, 6) is 1.32. The van der Waals surface area contributed by atoms with Crippen LogP contribution in [0.4, 0.5) is 0 Å². The lowest BCUT2D eigenvalue weighted by molar-refractivity contribution is -0.126. The van der Waals surface area contributed by atoms with Gasteiger partial charge in [0, 0.05) is 24.4 Å². The van der Waals surface area contributed by atoms with Crippen molar-refractivity contribution < 1.29 is 18.7 Å². The number of methoxy groups -OCH3 is 1. The molecule has 0 bridgehead atoms. The van der Waals surface area contributed by atoms with Gasteiger partial charge in [-0.3, -0.25) is 9.59 Å². The highest BCUT2D eigenvalue weighted by atomic mass is 16.5. The molecular weight excluding hydrogens is 464 g/mol. The van der Waals surface area contributed by atoms with Crippen LogP contribution in [0.15, 0.2) is 59.2 Å². The van der Waals surface area contributed by atoms with Crippen LogP contribution >= 0.6 is 0 Å². The van der Waals surface area contributed by atoms with Crippen LogP contribution in [0.25, 0.3) is 0 Å². The van der Waals surface area contributed by atoms with Crippen molar-refractivity contribution in [1.29, 1.82) is 0 Å². The van der Waals surface area contributed by atoms with Crippen molar-refractivity contribution in [2.75, 3.05) is 20.2 Å². The fraction of sp³-hybridized carbons (Fsp3) is 0.419. The highest BCUT2D eigenvalue weighted by Crippen LogP contribution is 2.51. The number of likely N-dealkylation sites (tertiary alicyclic amines) is 1. The molecule has 6 nitrogen and oxygen atoms in total.